The van der Waals surface area contributed by atoms with Crippen molar-refractivity contribution in [2.24, 2.45) is 0 Å². The Balaban J connectivity index is 1.71. The first kappa shape index (κ1) is 20.1. The fraction of sp³-hybridized carbons (Fsp3) is 0.190. The molecule has 3 aromatic rings. The summed E-state index contributed by atoms with van der Waals surface area (Å²) in [7, 11) is 0. The second kappa shape index (κ2) is 8.65. The molecule has 0 radical (unpaired) electrons. The van der Waals surface area contributed by atoms with Crippen LogP contribution in [-0.2, 0) is 6.54 Å². The van der Waals surface area contributed by atoms with Gasteiger partial charge in [0.1, 0.15) is 5.69 Å². The predicted octanol–water partition coefficient (Wildman–Crippen LogP) is 4.40. The number of nitrogens with one attached hydrogen (secondary N) is 1. The topological polar surface area (TPSA) is 87.5 Å². The summed E-state index contributed by atoms with van der Waals surface area (Å²) in [6.45, 7) is 2.62. The lowest BCUT2D eigenvalue weighted by atomic mass is 10.1. The molecule has 2 heterocycles. The Hall–Kier alpha value is -3.22. The molecule has 0 saturated carbocycles. The number of aryl methyl sites for hydroxylation is 1. The molecule has 4 rings (SSSR count). The van der Waals surface area contributed by atoms with Gasteiger partial charge in [0.2, 0.25) is 6.79 Å². The molecule has 0 saturated heterocycles. The van der Waals surface area contributed by atoms with Crippen molar-refractivity contribution in [1.82, 2.24) is 9.71 Å². The summed E-state index contributed by atoms with van der Waals surface area (Å²) in [5.74, 6) is 1.22. The van der Waals surface area contributed by atoms with Crippen LogP contribution in [0.5, 0.6) is 11.5 Å². The molecule has 2 aromatic carbocycles. The molecule has 152 valence electrons. The third-order valence-corrected chi connectivity index (χ3v) is 5.90. The monoisotopic (exact) mass is 438 g/mol. The summed E-state index contributed by atoms with van der Waals surface area (Å²) in [6.07, 6.45) is 1.79. The molecule has 9 heteroatoms. The van der Waals surface area contributed by atoms with Crippen molar-refractivity contribution < 1.29 is 14.3 Å². The number of hydrogen-bond donors (Lipinski definition) is 1. The average molecular weight is 439 g/mol. The standard InChI is InChI=1S/C21H18N4O3S2/c1-13-19(20(26)24-29-2)23-21(30-13)25(16-6-3-14(10-22)4-7-16)11-15-5-8-17-18(9-15)28-12-27-17/h3-9H,11-12H2,1-2H3,(H,24,26). The van der Waals surface area contributed by atoms with E-state index in [2.05, 4.69) is 15.8 Å². The number of benzene rings is 2. The molecule has 0 atom stereocenters. The van der Waals surface area contributed by atoms with Crippen molar-refractivity contribution in [3.05, 3.63) is 64.2 Å². The van der Waals surface area contributed by atoms with Crippen LogP contribution in [0.2, 0.25) is 0 Å². The van der Waals surface area contributed by atoms with E-state index in [1.807, 2.05) is 42.2 Å². The maximum Gasteiger partial charge on any atom is 0.280 e. The molecule has 0 unspecified atom stereocenters. The van der Waals surface area contributed by atoms with E-state index < -0.39 is 0 Å². The van der Waals surface area contributed by atoms with Crippen LogP contribution in [0, 0.1) is 18.3 Å². The van der Waals surface area contributed by atoms with E-state index in [1.165, 1.54) is 23.3 Å². The van der Waals surface area contributed by atoms with Gasteiger partial charge in [0.15, 0.2) is 16.6 Å². The van der Waals surface area contributed by atoms with Crippen LogP contribution < -0.4 is 19.1 Å². The third kappa shape index (κ3) is 4.06. The van der Waals surface area contributed by atoms with Gasteiger partial charge in [-0.2, -0.15) is 5.26 Å². The lowest BCUT2D eigenvalue weighted by molar-refractivity contribution is 0.0980. The van der Waals surface area contributed by atoms with Crippen molar-refractivity contribution >= 4 is 40.0 Å². The zero-order chi connectivity index (χ0) is 21.1. The zero-order valence-corrected chi connectivity index (χ0v) is 18.0. The lowest BCUT2D eigenvalue weighted by Gasteiger charge is -2.22. The highest BCUT2D eigenvalue weighted by atomic mass is 32.2. The summed E-state index contributed by atoms with van der Waals surface area (Å²) in [5.41, 5.74) is 2.87. The summed E-state index contributed by atoms with van der Waals surface area (Å²) in [6, 6.07) is 15.2. The molecule has 0 fully saturated rings. The van der Waals surface area contributed by atoms with Gasteiger partial charge in [-0.25, -0.2) is 4.98 Å². The van der Waals surface area contributed by atoms with E-state index in [0.29, 0.717) is 28.7 Å². The number of hydrogen-bond acceptors (Lipinski definition) is 8. The van der Waals surface area contributed by atoms with Gasteiger partial charge in [-0.1, -0.05) is 18.0 Å². The van der Waals surface area contributed by atoms with Gasteiger partial charge in [0, 0.05) is 16.8 Å². The van der Waals surface area contributed by atoms with Gasteiger partial charge in [0.25, 0.3) is 5.91 Å². The first-order valence-corrected chi connectivity index (χ1v) is 11.1. The average Bonchev–Trinajstić information content (AvgIpc) is 3.38. The Bertz CT molecular complexity index is 1120. The minimum absolute atomic E-state index is 0.217. The number of rotatable bonds is 6. The highest BCUT2D eigenvalue weighted by molar-refractivity contribution is 7.97. The summed E-state index contributed by atoms with van der Waals surface area (Å²) in [4.78, 5) is 19.8. The molecular formula is C21H18N4O3S2. The molecule has 1 aliphatic heterocycles. The van der Waals surface area contributed by atoms with Gasteiger partial charge >= 0.3 is 0 Å². The molecule has 7 nitrogen and oxygen atoms in total. The number of nitriles is 1. The van der Waals surface area contributed by atoms with Gasteiger partial charge in [-0.05, 0) is 48.9 Å². The highest BCUT2D eigenvalue weighted by Crippen LogP contribution is 2.36. The molecule has 1 N–H and O–H groups in total. The van der Waals surface area contributed by atoms with Crippen LogP contribution in [-0.4, -0.2) is 23.9 Å². The number of anilines is 2. The molecule has 1 aliphatic rings. The zero-order valence-electron chi connectivity index (χ0n) is 16.3. The Morgan fingerprint density at radius 3 is 2.77 bits per heavy atom. The Morgan fingerprint density at radius 1 is 1.27 bits per heavy atom. The van der Waals surface area contributed by atoms with Gasteiger partial charge in [-0.15, -0.1) is 11.3 Å². The van der Waals surface area contributed by atoms with Crippen molar-refractivity contribution in [3.63, 3.8) is 0 Å². The fourth-order valence-corrected chi connectivity index (χ4v) is 4.26. The Labute approximate surface area is 182 Å². The van der Waals surface area contributed by atoms with Crippen molar-refractivity contribution in [2.75, 3.05) is 17.9 Å². The van der Waals surface area contributed by atoms with Crippen molar-refractivity contribution in [1.29, 1.82) is 5.26 Å². The van der Waals surface area contributed by atoms with Crippen LogP contribution in [0.4, 0.5) is 10.8 Å². The predicted molar refractivity (Wildman–Crippen MR) is 117 cm³/mol. The van der Waals surface area contributed by atoms with Crippen LogP contribution in [0.15, 0.2) is 42.5 Å². The van der Waals surface area contributed by atoms with Gasteiger partial charge < -0.3 is 14.4 Å². The molecule has 1 aromatic heterocycles. The number of thiazole rings is 1. The van der Waals surface area contributed by atoms with E-state index in [9.17, 15) is 4.79 Å². The SMILES string of the molecule is CSNC(=O)c1nc(N(Cc2ccc3c(c2)OCO3)c2ccc(C#N)cc2)sc1C. The number of aromatic nitrogens is 1. The minimum atomic E-state index is -0.217. The van der Waals surface area contributed by atoms with E-state index in [4.69, 9.17) is 14.7 Å². The maximum absolute atomic E-state index is 12.3. The number of carbonyl (C=O) groups excluding carboxylic acids is 1. The van der Waals surface area contributed by atoms with E-state index in [0.717, 1.165) is 21.9 Å². The molecule has 0 bridgehead atoms. The van der Waals surface area contributed by atoms with Crippen LogP contribution >= 0.6 is 23.3 Å². The third-order valence-electron chi connectivity index (χ3n) is 4.51. The molecule has 0 aliphatic carbocycles. The second-order valence-corrected chi connectivity index (χ2v) is 8.26. The van der Waals surface area contributed by atoms with Crippen LogP contribution in [0.1, 0.15) is 26.5 Å². The summed E-state index contributed by atoms with van der Waals surface area (Å²) in [5, 5.41) is 9.81. The van der Waals surface area contributed by atoms with E-state index in [1.54, 1.807) is 18.4 Å². The quantitative estimate of drug-likeness (QED) is 0.571. The maximum atomic E-state index is 12.3. The minimum Gasteiger partial charge on any atom is -0.454 e. The van der Waals surface area contributed by atoms with Gasteiger partial charge in [-0.3, -0.25) is 9.52 Å². The van der Waals surface area contributed by atoms with Crippen molar-refractivity contribution in [2.45, 2.75) is 13.5 Å². The smallest absolute Gasteiger partial charge is 0.280 e. The molecule has 1 amide bonds. The Morgan fingerprint density at radius 2 is 2.03 bits per heavy atom. The summed E-state index contributed by atoms with van der Waals surface area (Å²) >= 11 is 2.69. The molecule has 30 heavy (non-hydrogen) atoms. The first-order valence-electron chi connectivity index (χ1n) is 9.06. The van der Waals surface area contributed by atoms with Gasteiger partial charge in [0.05, 0.1) is 18.2 Å². The van der Waals surface area contributed by atoms with Crippen LogP contribution in [0.25, 0.3) is 0 Å². The normalized spacial score (nSPS) is 11.8. The number of carbonyl (C=O) groups is 1. The number of ether oxygens (including phenoxy) is 2. The second-order valence-electron chi connectivity index (χ2n) is 6.47. The number of amides is 1. The highest BCUT2D eigenvalue weighted by Gasteiger charge is 2.21. The van der Waals surface area contributed by atoms with E-state index >= 15 is 0 Å². The molecule has 0 spiro atoms. The largest absolute Gasteiger partial charge is 0.454 e. The fourth-order valence-electron chi connectivity index (χ4n) is 3.06. The number of nitrogens with zero attached hydrogens (tertiary/aromatic N) is 3. The molecular weight excluding hydrogens is 420 g/mol. The lowest BCUT2D eigenvalue weighted by Crippen LogP contribution is -2.19. The van der Waals surface area contributed by atoms with Crippen LogP contribution in [0.3, 0.4) is 0 Å². The van der Waals surface area contributed by atoms with Crippen molar-refractivity contribution in [3.8, 4) is 17.6 Å². The Kier molecular flexibility index (Phi) is 5.79. The first-order chi connectivity index (χ1) is 14.6. The number of fused-ring (bicyclic) bond motifs is 1. The van der Waals surface area contributed by atoms with E-state index in [-0.39, 0.29) is 12.7 Å². The summed E-state index contributed by atoms with van der Waals surface area (Å²) < 4.78 is 13.6.